The smallest absolute Gasteiger partial charge is 0.267 e. The Morgan fingerprint density at radius 3 is 2.71 bits per heavy atom. The number of halogens is 1. The number of nitrogens with one attached hydrogen (secondary N) is 1. The average molecular weight is 337 g/mol. The van der Waals surface area contributed by atoms with E-state index in [1.54, 1.807) is 0 Å². The van der Waals surface area contributed by atoms with Crippen molar-refractivity contribution < 1.29 is 17.9 Å². The largest absolute Gasteiger partial charge is 0.383 e. The van der Waals surface area contributed by atoms with Gasteiger partial charge in [0, 0.05) is 37.1 Å². The molecular formula is C13H21ClN2O4S. The van der Waals surface area contributed by atoms with Crippen molar-refractivity contribution in [2.24, 2.45) is 5.92 Å². The summed E-state index contributed by atoms with van der Waals surface area (Å²) in [5, 5.41) is 2.79. The van der Waals surface area contributed by atoms with Crippen molar-refractivity contribution in [3.63, 3.8) is 0 Å². The summed E-state index contributed by atoms with van der Waals surface area (Å²) in [4.78, 5) is 12.1. The normalized spacial score (nSPS) is 13.1. The van der Waals surface area contributed by atoms with Crippen molar-refractivity contribution in [3.8, 4) is 0 Å². The molecule has 0 aliphatic heterocycles. The zero-order valence-electron chi connectivity index (χ0n) is 12.4. The Hall–Kier alpha value is -1.05. The monoisotopic (exact) mass is 336 g/mol. The van der Waals surface area contributed by atoms with E-state index in [-0.39, 0.29) is 16.5 Å². The molecule has 0 fully saturated rings. The Bertz CT molecular complexity index is 583. The van der Waals surface area contributed by atoms with Crippen LogP contribution in [-0.2, 0) is 20.3 Å². The Balaban J connectivity index is 2.97. The van der Waals surface area contributed by atoms with E-state index in [0.717, 1.165) is 6.42 Å². The van der Waals surface area contributed by atoms with E-state index in [2.05, 4.69) is 5.32 Å². The number of methoxy groups -OCH3 is 1. The fourth-order valence-corrected chi connectivity index (χ4v) is 2.44. The van der Waals surface area contributed by atoms with E-state index < -0.39 is 9.05 Å². The van der Waals surface area contributed by atoms with Crippen LogP contribution in [0.5, 0.6) is 0 Å². The van der Waals surface area contributed by atoms with E-state index in [4.69, 9.17) is 15.4 Å². The molecule has 0 aromatic carbocycles. The van der Waals surface area contributed by atoms with Crippen LogP contribution in [0.25, 0.3) is 0 Å². The van der Waals surface area contributed by atoms with Gasteiger partial charge in [0.25, 0.3) is 15.0 Å². The lowest BCUT2D eigenvalue weighted by Crippen LogP contribution is -2.30. The minimum absolute atomic E-state index is 0.0889. The second kappa shape index (κ2) is 7.82. The van der Waals surface area contributed by atoms with Crippen molar-refractivity contribution in [1.29, 1.82) is 0 Å². The second-order valence-corrected chi connectivity index (χ2v) is 7.47. The van der Waals surface area contributed by atoms with Gasteiger partial charge in [-0.25, -0.2) is 8.42 Å². The predicted octanol–water partition coefficient (Wildman–Crippen LogP) is 1.84. The van der Waals surface area contributed by atoms with Gasteiger partial charge in [-0.1, -0.05) is 20.3 Å². The highest BCUT2D eigenvalue weighted by Gasteiger charge is 2.20. The zero-order valence-corrected chi connectivity index (χ0v) is 14.0. The Labute approximate surface area is 129 Å². The molecule has 6 nitrogen and oxygen atoms in total. The van der Waals surface area contributed by atoms with Gasteiger partial charge in [0.1, 0.15) is 10.6 Å². The summed E-state index contributed by atoms with van der Waals surface area (Å²) in [5.41, 5.74) is 0.259. The van der Waals surface area contributed by atoms with Crippen LogP contribution < -0.4 is 5.32 Å². The molecule has 21 heavy (non-hydrogen) atoms. The van der Waals surface area contributed by atoms with Crippen LogP contribution >= 0.6 is 10.7 Å². The molecule has 0 aliphatic carbocycles. The number of ether oxygens (including phenoxy) is 1. The number of hydrogen-bond acceptors (Lipinski definition) is 4. The lowest BCUT2D eigenvalue weighted by molar-refractivity contribution is 0.0935. The first kappa shape index (κ1) is 18.0. The quantitative estimate of drug-likeness (QED) is 0.735. The van der Waals surface area contributed by atoms with Crippen LogP contribution in [-0.4, -0.2) is 39.2 Å². The first-order valence-electron chi connectivity index (χ1n) is 6.71. The van der Waals surface area contributed by atoms with Crippen LogP contribution in [0.15, 0.2) is 17.2 Å². The van der Waals surface area contributed by atoms with Gasteiger partial charge in [-0.2, -0.15) is 0 Å². The third-order valence-corrected chi connectivity index (χ3v) is 4.55. The minimum atomic E-state index is -3.87. The first-order valence-corrected chi connectivity index (χ1v) is 9.02. The van der Waals surface area contributed by atoms with Crippen LogP contribution in [0.3, 0.4) is 0 Å². The van der Waals surface area contributed by atoms with Crippen molar-refractivity contribution >= 4 is 25.6 Å². The summed E-state index contributed by atoms with van der Waals surface area (Å²) in [6.07, 6.45) is 2.30. The van der Waals surface area contributed by atoms with Crippen molar-refractivity contribution in [2.45, 2.75) is 31.7 Å². The van der Waals surface area contributed by atoms with Gasteiger partial charge >= 0.3 is 0 Å². The molecule has 1 rings (SSSR count). The summed E-state index contributed by atoms with van der Waals surface area (Å²) in [5.74, 6) is 0.0329. The summed E-state index contributed by atoms with van der Waals surface area (Å²) in [7, 11) is 2.99. The third kappa shape index (κ3) is 5.33. The van der Waals surface area contributed by atoms with Gasteiger partial charge < -0.3 is 14.6 Å². The van der Waals surface area contributed by atoms with Gasteiger partial charge in [0.15, 0.2) is 0 Å². The van der Waals surface area contributed by atoms with Crippen LogP contribution in [0.2, 0.25) is 0 Å². The Morgan fingerprint density at radius 1 is 1.52 bits per heavy atom. The van der Waals surface area contributed by atoms with Crippen molar-refractivity contribution in [3.05, 3.63) is 18.0 Å². The highest BCUT2D eigenvalue weighted by Crippen LogP contribution is 2.19. The Kier molecular flexibility index (Phi) is 6.70. The topological polar surface area (TPSA) is 77.4 Å². The summed E-state index contributed by atoms with van der Waals surface area (Å²) in [6, 6.07) is 1.28. The van der Waals surface area contributed by atoms with E-state index in [1.165, 1.54) is 23.9 Å². The molecule has 8 heteroatoms. The number of aromatic nitrogens is 1. The molecule has 0 saturated heterocycles. The van der Waals surface area contributed by atoms with Crippen LogP contribution in [0.1, 0.15) is 30.8 Å². The molecule has 0 bridgehead atoms. The van der Waals surface area contributed by atoms with Crippen LogP contribution in [0.4, 0.5) is 0 Å². The molecule has 1 aromatic heterocycles. The maximum absolute atomic E-state index is 12.2. The molecule has 120 valence electrons. The van der Waals surface area contributed by atoms with Gasteiger partial charge in [-0.3, -0.25) is 4.79 Å². The fourth-order valence-electron chi connectivity index (χ4n) is 1.68. The van der Waals surface area contributed by atoms with Gasteiger partial charge in [0.2, 0.25) is 0 Å². The molecule has 0 spiro atoms. The predicted molar refractivity (Wildman–Crippen MR) is 81.1 cm³/mol. The SMILES string of the molecule is CCC(C)CNC(=O)c1cc(S(=O)(=O)Cl)cn1CCOC. The summed E-state index contributed by atoms with van der Waals surface area (Å²) >= 11 is 0. The maximum atomic E-state index is 12.2. The summed E-state index contributed by atoms with van der Waals surface area (Å²) < 4.78 is 29.3. The minimum Gasteiger partial charge on any atom is -0.383 e. The van der Waals surface area contributed by atoms with E-state index in [1.807, 2.05) is 13.8 Å². The number of amides is 1. The molecule has 1 amide bonds. The molecule has 0 saturated carbocycles. The molecule has 1 atom stereocenters. The highest BCUT2D eigenvalue weighted by atomic mass is 35.7. The third-order valence-electron chi connectivity index (χ3n) is 3.23. The number of rotatable bonds is 8. The van der Waals surface area contributed by atoms with E-state index >= 15 is 0 Å². The first-order chi connectivity index (χ1) is 9.79. The van der Waals surface area contributed by atoms with Gasteiger partial charge in [-0.15, -0.1) is 0 Å². The lowest BCUT2D eigenvalue weighted by Gasteiger charge is -2.12. The number of carbonyl (C=O) groups excluding carboxylic acids is 1. The standard InChI is InChI=1S/C13H21ClN2O4S/c1-4-10(2)8-15-13(17)12-7-11(21(14,18)19)9-16(12)5-6-20-3/h7,9-10H,4-6,8H2,1-3H3,(H,15,17). The molecule has 0 aliphatic rings. The summed E-state index contributed by atoms with van der Waals surface area (Å²) in [6.45, 7) is 5.33. The van der Waals surface area contributed by atoms with Gasteiger partial charge in [-0.05, 0) is 12.0 Å². The zero-order chi connectivity index (χ0) is 16.0. The molecule has 0 radical (unpaired) electrons. The Morgan fingerprint density at radius 2 is 2.19 bits per heavy atom. The molecule has 1 aromatic rings. The number of hydrogen-bond donors (Lipinski definition) is 1. The number of nitrogens with zero attached hydrogens (tertiary/aromatic N) is 1. The molecular weight excluding hydrogens is 316 g/mol. The van der Waals surface area contributed by atoms with Gasteiger partial charge in [0.05, 0.1) is 6.61 Å². The van der Waals surface area contributed by atoms with E-state index in [9.17, 15) is 13.2 Å². The molecule has 1 unspecified atom stereocenters. The second-order valence-electron chi connectivity index (χ2n) is 4.91. The van der Waals surface area contributed by atoms with Crippen molar-refractivity contribution in [2.75, 3.05) is 20.3 Å². The highest BCUT2D eigenvalue weighted by molar-refractivity contribution is 8.13. The maximum Gasteiger partial charge on any atom is 0.267 e. The average Bonchev–Trinajstić information content (AvgIpc) is 2.86. The fraction of sp³-hybridized carbons (Fsp3) is 0.615. The lowest BCUT2D eigenvalue weighted by atomic mass is 10.1. The van der Waals surface area contributed by atoms with Crippen molar-refractivity contribution in [1.82, 2.24) is 9.88 Å². The molecule has 1 N–H and O–H groups in total. The van der Waals surface area contributed by atoms with E-state index in [0.29, 0.717) is 25.6 Å². The van der Waals surface area contributed by atoms with Crippen LogP contribution in [0, 0.1) is 5.92 Å². The number of carbonyl (C=O) groups is 1. The molecule has 1 heterocycles.